The van der Waals surface area contributed by atoms with Gasteiger partial charge in [0.25, 0.3) is 6.43 Å². The number of carbonyl (C=O) groups is 1. The fraction of sp³-hybridized carbons (Fsp3) is 0.542. The van der Waals surface area contributed by atoms with Gasteiger partial charge in [-0.3, -0.25) is 9.36 Å². The van der Waals surface area contributed by atoms with E-state index in [2.05, 4.69) is 15.0 Å². The molecule has 12 heteroatoms. The lowest BCUT2D eigenvalue weighted by atomic mass is 10.1. The maximum atomic E-state index is 14.1. The monoisotopic (exact) mass is 500 g/mol. The molecule has 2 aliphatic heterocycles. The van der Waals surface area contributed by atoms with E-state index < -0.39 is 17.9 Å². The minimum absolute atomic E-state index is 0.0929. The van der Waals surface area contributed by atoms with E-state index in [1.54, 1.807) is 24.3 Å². The molecule has 0 saturated carbocycles. The summed E-state index contributed by atoms with van der Waals surface area (Å²) in [5, 5.41) is 0. The SMILES string of the molecule is CCC(=O)N1CCN(c2nc(N3CCOC(C)(C)C3)nc(-n3c(C(F)F)nc4ccccc43)n2)CC1. The number of imidazole rings is 1. The third-order valence-corrected chi connectivity index (χ3v) is 6.51. The van der Waals surface area contributed by atoms with Gasteiger partial charge in [-0.25, -0.2) is 13.8 Å². The minimum Gasteiger partial charge on any atom is -0.372 e. The first-order chi connectivity index (χ1) is 17.3. The molecule has 192 valence electrons. The summed E-state index contributed by atoms with van der Waals surface area (Å²) in [6.07, 6.45) is -2.36. The van der Waals surface area contributed by atoms with Gasteiger partial charge in [0, 0.05) is 45.7 Å². The molecule has 0 bridgehead atoms. The van der Waals surface area contributed by atoms with Gasteiger partial charge in [0.05, 0.1) is 23.2 Å². The van der Waals surface area contributed by atoms with E-state index in [-0.39, 0.29) is 11.9 Å². The van der Waals surface area contributed by atoms with Crippen LogP contribution >= 0.6 is 0 Å². The van der Waals surface area contributed by atoms with Crippen molar-refractivity contribution in [2.24, 2.45) is 0 Å². The Morgan fingerprint density at radius 3 is 2.31 bits per heavy atom. The Bertz CT molecular complexity index is 1260. The first-order valence-corrected chi connectivity index (χ1v) is 12.2. The van der Waals surface area contributed by atoms with Crippen LogP contribution in [0.25, 0.3) is 17.0 Å². The quantitative estimate of drug-likeness (QED) is 0.528. The highest BCUT2D eigenvalue weighted by Gasteiger charge is 2.31. The second kappa shape index (κ2) is 9.57. The number of piperazine rings is 1. The number of hydrogen-bond acceptors (Lipinski definition) is 8. The highest BCUT2D eigenvalue weighted by atomic mass is 19.3. The van der Waals surface area contributed by atoms with Crippen LogP contribution in [0.4, 0.5) is 20.7 Å². The number of nitrogens with zero attached hydrogens (tertiary/aromatic N) is 8. The Morgan fingerprint density at radius 1 is 0.972 bits per heavy atom. The van der Waals surface area contributed by atoms with Gasteiger partial charge in [0.2, 0.25) is 23.8 Å². The van der Waals surface area contributed by atoms with Crippen molar-refractivity contribution in [3.63, 3.8) is 0 Å². The predicted octanol–water partition coefficient (Wildman–Crippen LogP) is 2.82. The Hall–Kier alpha value is -3.41. The van der Waals surface area contributed by atoms with Crippen molar-refractivity contribution in [1.29, 1.82) is 0 Å². The van der Waals surface area contributed by atoms with Gasteiger partial charge in [-0.05, 0) is 26.0 Å². The summed E-state index contributed by atoms with van der Waals surface area (Å²) in [6.45, 7) is 9.60. The first kappa shape index (κ1) is 24.3. The lowest BCUT2D eigenvalue weighted by Gasteiger charge is -2.39. The number of hydrogen-bond donors (Lipinski definition) is 0. The van der Waals surface area contributed by atoms with Crippen LogP contribution in [-0.4, -0.2) is 86.8 Å². The Kier molecular flexibility index (Phi) is 6.45. The van der Waals surface area contributed by atoms with Crippen LogP contribution in [-0.2, 0) is 9.53 Å². The molecule has 0 atom stereocenters. The molecule has 2 fully saturated rings. The lowest BCUT2D eigenvalue weighted by molar-refractivity contribution is -0.131. The van der Waals surface area contributed by atoms with Crippen molar-refractivity contribution in [1.82, 2.24) is 29.4 Å². The lowest BCUT2D eigenvalue weighted by Crippen LogP contribution is -2.50. The Morgan fingerprint density at radius 2 is 1.64 bits per heavy atom. The van der Waals surface area contributed by atoms with Gasteiger partial charge < -0.3 is 19.4 Å². The van der Waals surface area contributed by atoms with Crippen LogP contribution in [0.5, 0.6) is 0 Å². The number of anilines is 2. The normalized spacial score (nSPS) is 18.3. The van der Waals surface area contributed by atoms with Gasteiger partial charge in [0.15, 0.2) is 5.82 Å². The van der Waals surface area contributed by atoms with E-state index in [1.807, 2.05) is 35.5 Å². The zero-order chi connectivity index (χ0) is 25.4. The standard InChI is InChI=1S/C24H30F2N8O2/c1-4-18(35)31-9-11-32(12-10-31)21-28-22(33-13-14-36-24(2,3)15-33)30-23(29-21)34-17-8-6-5-7-16(17)27-20(34)19(25)26/h5-8,19H,4,9-15H2,1-3H3. The van der Waals surface area contributed by atoms with Crippen molar-refractivity contribution in [3.05, 3.63) is 30.1 Å². The molecule has 4 heterocycles. The summed E-state index contributed by atoms with van der Waals surface area (Å²) in [5.74, 6) is 0.571. The highest BCUT2D eigenvalue weighted by Crippen LogP contribution is 2.29. The number of ether oxygens (including phenoxy) is 1. The first-order valence-electron chi connectivity index (χ1n) is 12.2. The number of rotatable bonds is 5. The zero-order valence-electron chi connectivity index (χ0n) is 20.7. The number of morpholine rings is 1. The molecular formula is C24H30F2N8O2. The number of amides is 1. The number of aromatic nitrogens is 5. The molecule has 0 radical (unpaired) electrons. The number of para-hydroxylation sites is 2. The van der Waals surface area contributed by atoms with E-state index in [4.69, 9.17) is 9.72 Å². The third-order valence-electron chi connectivity index (χ3n) is 6.51. The largest absolute Gasteiger partial charge is 0.372 e. The molecular weight excluding hydrogens is 470 g/mol. The van der Waals surface area contributed by atoms with Crippen LogP contribution < -0.4 is 9.80 Å². The maximum absolute atomic E-state index is 14.1. The Labute approximate surface area is 207 Å². The molecule has 1 amide bonds. The van der Waals surface area contributed by atoms with E-state index in [9.17, 15) is 13.6 Å². The molecule has 2 aromatic heterocycles. The van der Waals surface area contributed by atoms with Crippen molar-refractivity contribution >= 4 is 28.8 Å². The summed E-state index contributed by atoms with van der Waals surface area (Å²) in [7, 11) is 0. The molecule has 0 N–H and O–H groups in total. The predicted molar refractivity (Wildman–Crippen MR) is 131 cm³/mol. The molecule has 5 rings (SSSR count). The van der Waals surface area contributed by atoms with E-state index >= 15 is 0 Å². The van der Waals surface area contributed by atoms with Gasteiger partial charge in [-0.15, -0.1) is 0 Å². The van der Waals surface area contributed by atoms with Crippen molar-refractivity contribution in [2.75, 3.05) is 55.7 Å². The van der Waals surface area contributed by atoms with Crippen LogP contribution in [0.2, 0.25) is 0 Å². The van der Waals surface area contributed by atoms with Crippen LogP contribution in [0.1, 0.15) is 39.4 Å². The second-order valence-corrected chi connectivity index (χ2v) is 9.58. The molecule has 3 aromatic rings. The summed E-state index contributed by atoms with van der Waals surface area (Å²) < 4.78 is 35.3. The fourth-order valence-corrected chi connectivity index (χ4v) is 4.69. The number of halogens is 2. The van der Waals surface area contributed by atoms with Crippen LogP contribution in [0.3, 0.4) is 0 Å². The van der Waals surface area contributed by atoms with E-state index in [1.165, 1.54) is 4.57 Å². The Balaban J connectivity index is 1.59. The number of carbonyl (C=O) groups excluding carboxylic acids is 1. The van der Waals surface area contributed by atoms with Crippen molar-refractivity contribution in [3.8, 4) is 5.95 Å². The molecule has 2 aliphatic rings. The average Bonchev–Trinajstić information content (AvgIpc) is 3.28. The smallest absolute Gasteiger partial charge is 0.296 e. The van der Waals surface area contributed by atoms with E-state index in [0.717, 1.165) is 0 Å². The van der Waals surface area contributed by atoms with Gasteiger partial charge in [0.1, 0.15) is 0 Å². The van der Waals surface area contributed by atoms with Crippen molar-refractivity contribution < 1.29 is 18.3 Å². The molecule has 0 unspecified atom stereocenters. The van der Waals surface area contributed by atoms with Gasteiger partial charge in [-0.1, -0.05) is 19.1 Å². The van der Waals surface area contributed by atoms with E-state index in [0.29, 0.717) is 75.2 Å². The van der Waals surface area contributed by atoms with Crippen LogP contribution in [0, 0.1) is 0 Å². The molecule has 1 aromatic carbocycles. The second-order valence-electron chi connectivity index (χ2n) is 9.58. The number of alkyl halides is 2. The zero-order valence-corrected chi connectivity index (χ0v) is 20.7. The highest BCUT2D eigenvalue weighted by molar-refractivity contribution is 5.78. The van der Waals surface area contributed by atoms with Crippen LogP contribution in [0.15, 0.2) is 24.3 Å². The summed E-state index contributed by atoms with van der Waals surface area (Å²) >= 11 is 0. The summed E-state index contributed by atoms with van der Waals surface area (Å²) in [6, 6.07) is 6.94. The molecule has 2 saturated heterocycles. The maximum Gasteiger partial charge on any atom is 0.296 e. The topological polar surface area (TPSA) is 92.5 Å². The molecule has 10 nitrogen and oxygen atoms in total. The number of benzene rings is 1. The third kappa shape index (κ3) is 4.69. The number of fused-ring (bicyclic) bond motifs is 1. The fourth-order valence-electron chi connectivity index (χ4n) is 4.69. The summed E-state index contributed by atoms with van der Waals surface area (Å²) in [4.78, 5) is 36.1. The van der Waals surface area contributed by atoms with Gasteiger partial charge in [-0.2, -0.15) is 15.0 Å². The molecule has 0 spiro atoms. The van der Waals surface area contributed by atoms with Crippen molar-refractivity contribution in [2.45, 2.75) is 39.2 Å². The average molecular weight is 501 g/mol. The molecule has 0 aliphatic carbocycles. The summed E-state index contributed by atoms with van der Waals surface area (Å²) in [5.41, 5.74) is 0.528. The van der Waals surface area contributed by atoms with Gasteiger partial charge >= 0.3 is 0 Å². The minimum atomic E-state index is -2.81. The molecule has 36 heavy (non-hydrogen) atoms.